The molecule has 1 N–H and O–H groups in total. The van der Waals surface area contributed by atoms with Gasteiger partial charge in [0.15, 0.2) is 0 Å². The number of ketones is 1. The Labute approximate surface area is 190 Å². The fraction of sp³-hybridized carbons (Fsp3) is 0.407. The molecule has 5 nitrogen and oxygen atoms in total. The quantitative estimate of drug-likeness (QED) is 0.732. The predicted molar refractivity (Wildman–Crippen MR) is 129 cm³/mol. The first-order valence-electron chi connectivity index (χ1n) is 11.5. The summed E-state index contributed by atoms with van der Waals surface area (Å²) in [6.07, 6.45) is 4.51. The summed E-state index contributed by atoms with van der Waals surface area (Å²) in [5, 5.41) is 3.56. The highest BCUT2D eigenvalue weighted by molar-refractivity contribution is 6.03. The van der Waals surface area contributed by atoms with Crippen LogP contribution in [0.1, 0.15) is 44.7 Å². The van der Waals surface area contributed by atoms with Crippen molar-refractivity contribution in [3.05, 3.63) is 65.9 Å². The van der Waals surface area contributed by atoms with Gasteiger partial charge in [-0.2, -0.15) is 0 Å². The summed E-state index contributed by atoms with van der Waals surface area (Å²) in [6.45, 7) is 4.20. The molecule has 1 amide bonds. The number of nitrogens with zero attached hydrogens (tertiary/aromatic N) is 2. The average Bonchev–Trinajstić information content (AvgIpc) is 3.58. The Morgan fingerprint density at radius 1 is 1.06 bits per heavy atom. The van der Waals surface area contributed by atoms with E-state index in [-0.39, 0.29) is 29.1 Å². The molecule has 2 aromatic carbocycles. The van der Waals surface area contributed by atoms with Gasteiger partial charge in [-0.25, -0.2) is 0 Å². The lowest BCUT2D eigenvalue weighted by Crippen LogP contribution is -2.44. The van der Waals surface area contributed by atoms with Crippen molar-refractivity contribution < 1.29 is 9.59 Å². The molecule has 0 aromatic heterocycles. The molecule has 2 aromatic rings. The number of allylic oxidation sites excluding steroid dienone is 1. The largest absolute Gasteiger partial charge is 0.378 e. The molecule has 5 rings (SSSR count). The van der Waals surface area contributed by atoms with Gasteiger partial charge in [0.1, 0.15) is 5.78 Å². The van der Waals surface area contributed by atoms with Crippen LogP contribution in [0.2, 0.25) is 0 Å². The monoisotopic (exact) mass is 429 g/mol. The molecule has 0 spiro atoms. The number of Topliss-reactive ketones (excluding diaryl/α,β-unsaturated/α-hetero) is 1. The molecule has 1 aliphatic heterocycles. The first-order valence-corrected chi connectivity index (χ1v) is 11.5. The van der Waals surface area contributed by atoms with Crippen molar-refractivity contribution >= 4 is 28.8 Å². The van der Waals surface area contributed by atoms with Crippen LogP contribution in [0.3, 0.4) is 0 Å². The van der Waals surface area contributed by atoms with Crippen LogP contribution < -0.4 is 15.1 Å². The highest BCUT2D eigenvalue weighted by Gasteiger charge is 2.48. The zero-order valence-electron chi connectivity index (χ0n) is 19.3. The van der Waals surface area contributed by atoms with Crippen LogP contribution in [-0.2, 0) is 9.59 Å². The zero-order chi connectivity index (χ0) is 22.6. The lowest BCUT2D eigenvalue weighted by atomic mass is 9.72. The van der Waals surface area contributed by atoms with Gasteiger partial charge in [0.25, 0.3) is 0 Å². The van der Waals surface area contributed by atoms with Gasteiger partial charge < -0.3 is 15.1 Å². The van der Waals surface area contributed by atoms with Crippen molar-refractivity contribution in [2.24, 2.45) is 17.3 Å². The van der Waals surface area contributed by atoms with Crippen LogP contribution in [0.15, 0.2) is 60.3 Å². The van der Waals surface area contributed by atoms with Gasteiger partial charge in [-0.05, 0) is 48.1 Å². The number of nitrogens with one attached hydrogen (secondary N) is 1. The smallest absolute Gasteiger partial charge is 0.230 e. The van der Waals surface area contributed by atoms with Crippen molar-refractivity contribution in [2.45, 2.75) is 39.2 Å². The number of benzene rings is 2. The maximum Gasteiger partial charge on any atom is 0.230 e. The highest BCUT2D eigenvalue weighted by atomic mass is 16.2. The second-order valence-electron chi connectivity index (χ2n) is 10.3. The van der Waals surface area contributed by atoms with Crippen LogP contribution >= 0.6 is 0 Å². The van der Waals surface area contributed by atoms with Crippen LogP contribution in [0.4, 0.5) is 17.1 Å². The summed E-state index contributed by atoms with van der Waals surface area (Å²) in [5.41, 5.74) is 4.51. The molecule has 5 heteroatoms. The molecule has 166 valence electrons. The number of amides is 1. The van der Waals surface area contributed by atoms with E-state index in [2.05, 4.69) is 54.4 Å². The summed E-state index contributed by atoms with van der Waals surface area (Å²) in [5.74, 6) is -0.0569. The molecule has 0 bridgehead atoms. The zero-order valence-corrected chi connectivity index (χ0v) is 19.3. The molecule has 1 fully saturated rings. The minimum Gasteiger partial charge on any atom is -0.378 e. The third kappa shape index (κ3) is 3.60. The van der Waals surface area contributed by atoms with E-state index < -0.39 is 5.92 Å². The van der Waals surface area contributed by atoms with Crippen molar-refractivity contribution in [1.82, 2.24) is 0 Å². The molecule has 2 atom stereocenters. The summed E-state index contributed by atoms with van der Waals surface area (Å²) in [7, 11) is 4.02. The first kappa shape index (κ1) is 20.8. The number of para-hydroxylation sites is 2. The van der Waals surface area contributed by atoms with Crippen LogP contribution in [-0.4, -0.2) is 25.8 Å². The Morgan fingerprint density at radius 2 is 1.75 bits per heavy atom. The first-order chi connectivity index (χ1) is 15.2. The second-order valence-corrected chi connectivity index (χ2v) is 10.3. The van der Waals surface area contributed by atoms with E-state index in [1.165, 1.54) is 0 Å². The Kier molecular flexibility index (Phi) is 4.88. The number of hydrogen-bond acceptors (Lipinski definition) is 4. The normalized spacial score (nSPS) is 23.9. The Bertz CT molecular complexity index is 1100. The van der Waals surface area contributed by atoms with Crippen LogP contribution in [0.25, 0.3) is 0 Å². The second kappa shape index (κ2) is 7.51. The van der Waals surface area contributed by atoms with Gasteiger partial charge in [0, 0.05) is 37.8 Å². The van der Waals surface area contributed by atoms with E-state index in [9.17, 15) is 9.59 Å². The topological polar surface area (TPSA) is 52.7 Å². The number of fused-ring (bicyclic) bond motifs is 2. The number of rotatable bonds is 3. The molecule has 1 saturated carbocycles. The van der Waals surface area contributed by atoms with Gasteiger partial charge >= 0.3 is 0 Å². The molecule has 2 unspecified atom stereocenters. The van der Waals surface area contributed by atoms with Gasteiger partial charge in [-0.1, -0.05) is 44.2 Å². The van der Waals surface area contributed by atoms with Crippen molar-refractivity contribution in [3.8, 4) is 0 Å². The van der Waals surface area contributed by atoms with Gasteiger partial charge in [0.2, 0.25) is 5.91 Å². The standard InChI is InChI=1S/C27H31N3O2/c1-27(2)15-21-24(23(31)16-27)25(17-11-13-19(14-12-17)29(3)4)30(26(32)18-9-10-18)22-8-6-5-7-20(22)28-21/h5-8,11-15,18,24-25,28H,9-10,16H2,1-4H3. The SMILES string of the molecule is CN(C)c1ccc(C2C3C(=O)CC(C)(C)C=C3Nc3ccccc3N2C(=O)C2CC2)cc1. The van der Waals surface area contributed by atoms with E-state index in [0.717, 1.165) is 41.2 Å². The maximum atomic E-state index is 13.7. The Hall–Kier alpha value is -3.08. The molecular formula is C27H31N3O2. The summed E-state index contributed by atoms with van der Waals surface area (Å²) in [4.78, 5) is 31.3. The average molecular weight is 430 g/mol. The van der Waals surface area contributed by atoms with Crippen molar-refractivity contribution in [3.63, 3.8) is 0 Å². The summed E-state index contributed by atoms with van der Waals surface area (Å²) < 4.78 is 0. The van der Waals surface area contributed by atoms with Crippen LogP contribution in [0, 0.1) is 17.3 Å². The highest BCUT2D eigenvalue weighted by Crippen LogP contribution is 2.50. The lowest BCUT2D eigenvalue weighted by molar-refractivity contribution is -0.125. The van der Waals surface area contributed by atoms with E-state index in [1.54, 1.807) is 0 Å². The van der Waals surface area contributed by atoms with E-state index in [0.29, 0.717) is 6.42 Å². The van der Waals surface area contributed by atoms with E-state index in [4.69, 9.17) is 0 Å². The predicted octanol–water partition coefficient (Wildman–Crippen LogP) is 5.16. The third-order valence-electron chi connectivity index (χ3n) is 6.81. The minimum absolute atomic E-state index is 0.0484. The molecule has 32 heavy (non-hydrogen) atoms. The number of carbonyl (C=O) groups excluding carboxylic acids is 2. The van der Waals surface area contributed by atoms with Gasteiger partial charge in [0.05, 0.1) is 23.3 Å². The lowest BCUT2D eigenvalue weighted by Gasteiger charge is -2.39. The van der Waals surface area contributed by atoms with Crippen LogP contribution in [0.5, 0.6) is 0 Å². The molecular weight excluding hydrogens is 398 g/mol. The molecule has 0 saturated heterocycles. The number of anilines is 3. The van der Waals surface area contributed by atoms with Gasteiger partial charge in [-0.3, -0.25) is 9.59 Å². The fourth-order valence-corrected chi connectivity index (χ4v) is 5.09. The molecule has 0 radical (unpaired) electrons. The fourth-order valence-electron chi connectivity index (χ4n) is 5.09. The minimum atomic E-state index is -0.414. The van der Waals surface area contributed by atoms with Crippen molar-refractivity contribution in [1.29, 1.82) is 0 Å². The van der Waals surface area contributed by atoms with Gasteiger partial charge in [-0.15, -0.1) is 0 Å². The Morgan fingerprint density at radius 3 is 2.41 bits per heavy atom. The third-order valence-corrected chi connectivity index (χ3v) is 6.81. The van der Waals surface area contributed by atoms with Crippen molar-refractivity contribution in [2.75, 3.05) is 29.2 Å². The molecule has 2 aliphatic carbocycles. The molecule has 3 aliphatic rings. The molecule has 1 heterocycles. The van der Waals surface area contributed by atoms with E-state index in [1.807, 2.05) is 43.3 Å². The number of hydrogen-bond donors (Lipinski definition) is 1. The summed E-state index contributed by atoms with van der Waals surface area (Å²) >= 11 is 0. The Balaban J connectivity index is 1.73. The summed E-state index contributed by atoms with van der Waals surface area (Å²) in [6, 6.07) is 15.9. The van der Waals surface area contributed by atoms with E-state index >= 15 is 0 Å². The maximum absolute atomic E-state index is 13.7. The number of carbonyl (C=O) groups is 2.